The first kappa shape index (κ1) is 28.6. The van der Waals surface area contributed by atoms with Crippen LogP contribution in [0, 0.1) is 13.8 Å². The minimum atomic E-state index is -0.379. The topological polar surface area (TPSA) is 62.2 Å². The fourth-order valence-electron chi connectivity index (χ4n) is 5.22. The van der Waals surface area contributed by atoms with E-state index >= 15 is 0 Å². The Hall–Kier alpha value is -4.90. The third-order valence-corrected chi connectivity index (χ3v) is 8.05. The largest absolute Gasteiger partial charge is 0.508 e. The lowest BCUT2D eigenvalue weighted by molar-refractivity contribution is 0.280. The zero-order valence-corrected chi connectivity index (χ0v) is 24.5. The number of aromatic hydroxyl groups is 2. The van der Waals surface area contributed by atoms with Crippen molar-refractivity contribution in [3.63, 3.8) is 0 Å². The molecule has 0 aliphatic carbocycles. The third kappa shape index (κ3) is 6.21. The maximum absolute atomic E-state index is 9.84. The van der Waals surface area contributed by atoms with Gasteiger partial charge in [0.1, 0.15) is 23.0 Å². The summed E-state index contributed by atoms with van der Waals surface area (Å²) < 4.78 is 11.7. The number of anilines is 3. The van der Waals surface area contributed by atoms with Crippen LogP contribution in [0.1, 0.15) is 35.6 Å². The Kier molecular flexibility index (Phi) is 8.39. The Bertz CT molecular complexity index is 1560. The van der Waals surface area contributed by atoms with E-state index in [9.17, 15) is 10.2 Å². The van der Waals surface area contributed by atoms with Crippen molar-refractivity contribution in [1.29, 1.82) is 0 Å². The second-order valence-corrected chi connectivity index (χ2v) is 10.8. The van der Waals surface area contributed by atoms with Crippen molar-refractivity contribution in [1.82, 2.24) is 0 Å². The SMILES string of the molecule is COc1ccc(N(c2ccc(OCCC(C)(c3ccc(O)cc3)c3ccc(O)cc3)cc2)c2ccc(C)c(C)c2)cc1. The summed E-state index contributed by atoms with van der Waals surface area (Å²) in [7, 11) is 1.67. The van der Waals surface area contributed by atoms with E-state index in [1.165, 1.54) is 11.1 Å². The summed E-state index contributed by atoms with van der Waals surface area (Å²) in [6.45, 7) is 6.90. The third-order valence-electron chi connectivity index (χ3n) is 8.05. The number of methoxy groups -OCH3 is 1. The Balaban J connectivity index is 1.37. The highest BCUT2D eigenvalue weighted by atomic mass is 16.5. The van der Waals surface area contributed by atoms with Crippen molar-refractivity contribution in [3.8, 4) is 23.0 Å². The van der Waals surface area contributed by atoms with Gasteiger partial charge in [-0.2, -0.15) is 0 Å². The molecule has 5 rings (SSSR count). The van der Waals surface area contributed by atoms with Crippen molar-refractivity contribution >= 4 is 17.1 Å². The standard InChI is InChI=1S/C37H37NO4/c1-26-5-10-32(25-27(26)2)38(30-11-19-35(41-4)20-12-30)31-13-21-36(22-14-31)42-24-23-37(3,28-6-15-33(39)16-7-28)29-8-17-34(40)18-9-29/h5-22,25,39-40H,23-24H2,1-4H3. The van der Waals surface area contributed by atoms with Gasteiger partial charge in [-0.1, -0.05) is 37.3 Å². The van der Waals surface area contributed by atoms with E-state index in [0.717, 1.165) is 39.7 Å². The Labute approximate surface area is 248 Å². The molecule has 42 heavy (non-hydrogen) atoms. The molecule has 0 saturated carbocycles. The molecule has 0 aliphatic heterocycles. The molecule has 2 N–H and O–H groups in total. The van der Waals surface area contributed by atoms with Crippen LogP contribution >= 0.6 is 0 Å². The van der Waals surface area contributed by atoms with Gasteiger partial charge < -0.3 is 24.6 Å². The zero-order valence-electron chi connectivity index (χ0n) is 24.5. The summed E-state index contributed by atoms with van der Waals surface area (Å²) in [5.74, 6) is 2.06. The Morgan fingerprint density at radius 2 is 1.07 bits per heavy atom. The minimum absolute atomic E-state index is 0.229. The summed E-state index contributed by atoms with van der Waals surface area (Å²) >= 11 is 0. The molecular weight excluding hydrogens is 522 g/mol. The van der Waals surface area contributed by atoms with Gasteiger partial charge in [-0.3, -0.25) is 0 Å². The van der Waals surface area contributed by atoms with Crippen LogP contribution in [0.25, 0.3) is 0 Å². The van der Waals surface area contributed by atoms with E-state index in [2.05, 4.69) is 68.1 Å². The van der Waals surface area contributed by atoms with Crippen LogP contribution in [0.3, 0.4) is 0 Å². The van der Waals surface area contributed by atoms with Crippen molar-refractivity contribution in [2.24, 2.45) is 0 Å². The molecule has 0 bridgehead atoms. The molecule has 0 aromatic heterocycles. The smallest absolute Gasteiger partial charge is 0.119 e. The summed E-state index contributed by atoms with van der Waals surface area (Å²) in [6.07, 6.45) is 0.699. The quantitative estimate of drug-likeness (QED) is 0.179. The summed E-state index contributed by atoms with van der Waals surface area (Å²) in [4.78, 5) is 2.22. The number of aryl methyl sites for hydroxylation is 2. The van der Waals surface area contributed by atoms with Crippen molar-refractivity contribution in [2.75, 3.05) is 18.6 Å². The molecule has 0 unspecified atom stereocenters. The van der Waals surface area contributed by atoms with Crippen molar-refractivity contribution in [3.05, 3.63) is 138 Å². The second-order valence-electron chi connectivity index (χ2n) is 10.8. The average Bonchev–Trinajstić information content (AvgIpc) is 3.01. The number of hydrogen-bond donors (Lipinski definition) is 2. The highest BCUT2D eigenvalue weighted by molar-refractivity contribution is 5.77. The van der Waals surface area contributed by atoms with Crippen LogP contribution in [-0.2, 0) is 5.41 Å². The van der Waals surface area contributed by atoms with E-state index in [1.54, 1.807) is 31.4 Å². The monoisotopic (exact) mass is 559 g/mol. The second kappa shape index (κ2) is 12.3. The molecule has 0 amide bonds. The first-order valence-electron chi connectivity index (χ1n) is 14.1. The lowest BCUT2D eigenvalue weighted by atomic mass is 9.74. The van der Waals surface area contributed by atoms with Crippen molar-refractivity contribution in [2.45, 2.75) is 32.6 Å². The number of ether oxygens (including phenoxy) is 2. The molecular formula is C37H37NO4. The van der Waals surface area contributed by atoms with E-state index in [1.807, 2.05) is 48.5 Å². The Morgan fingerprint density at radius 1 is 0.595 bits per heavy atom. The fourth-order valence-corrected chi connectivity index (χ4v) is 5.22. The lowest BCUT2D eigenvalue weighted by Gasteiger charge is -2.31. The van der Waals surface area contributed by atoms with Gasteiger partial charge in [0.2, 0.25) is 0 Å². The molecule has 0 spiro atoms. The van der Waals surface area contributed by atoms with E-state index in [4.69, 9.17) is 9.47 Å². The van der Waals surface area contributed by atoms with E-state index < -0.39 is 0 Å². The molecule has 0 radical (unpaired) electrons. The molecule has 214 valence electrons. The number of phenols is 2. The summed E-state index contributed by atoms with van der Waals surface area (Å²) in [5, 5.41) is 19.7. The van der Waals surface area contributed by atoms with E-state index in [0.29, 0.717) is 13.0 Å². The number of hydrogen-bond acceptors (Lipinski definition) is 5. The molecule has 0 aliphatic rings. The van der Waals surface area contributed by atoms with Gasteiger partial charge in [0.25, 0.3) is 0 Å². The number of benzene rings is 5. The van der Waals surface area contributed by atoms with Crippen LogP contribution in [0.2, 0.25) is 0 Å². The minimum Gasteiger partial charge on any atom is -0.508 e. The van der Waals surface area contributed by atoms with Crippen LogP contribution in [0.5, 0.6) is 23.0 Å². The van der Waals surface area contributed by atoms with Gasteiger partial charge in [0.15, 0.2) is 0 Å². The maximum Gasteiger partial charge on any atom is 0.119 e. The molecule has 0 atom stereocenters. The summed E-state index contributed by atoms with van der Waals surface area (Å²) in [5.41, 5.74) is 7.37. The average molecular weight is 560 g/mol. The molecule has 0 saturated heterocycles. The number of rotatable bonds is 10. The van der Waals surface area contributed by atoms with Gasteiger partial charge in [-0.25, -0.2) is 0 Å². The lowest BCUT2D eigenvalue weighted by Crippen LogP contribution is -2.26. The predicted octanol–water partition coefficient (Wildman–Crippen LogP) is 8.97. The number of phenolic OH excluding ortho intramolecular Hbond substituents is 2. The van der Waals surface area contributed by atoms with E-state index in [-0.39, 0.29) is 16.9 Å². The normalized spacial score (nSPS) is 11.2. The van der Waals surface area contributed by atoms with Crippen LogP contribution in [-0.4, -0.2) is 23.9 Å². The Morgan fingerprint density at radius 3 is 1.55 bits per heavy atom. The molecule has 0 heterocycles. The van der Waals surface area contributed by atoms with Gasteiger partial charge in [-0.05, 0) is 127 Å². The number of nitrogens with zero attached hydrogens (tertiary/aromatic N) is 1. The van der Waals surface area contributed by atoms with Crippen molar-refractivity contribution < 1.29 is 19.7 Å². The highest BCUT2D eigenvalue weighted by Gasteiger charge is 2.29. The fraction of sp³-hybridized carbons (Fsp3) is 0.189. The van der Waals surface area contributed by atoms with Crippen LogP contribution < -0.4 is 14.4 Å². The maximum atomic E-state index is 9.84. The molecule has 0 fully saturated rings. The van der Waals surface area contributed by atoms with Gasteiger partial charge in [0, 0.05) is 22.5 Å². The predicted molar refractivity (Wildman–Crippen MR) is 170 cm³/mol. The first-order valence-corrected chi connectivity index (χ1v) is 14.1. The van der Waals surface area contributed by atoms with Gasteiger partial charge >= 0.3 is 0 Å². The molecule has 5 aromatic carbocycles. The van der Waals surface area contributed by atoms with Gasteiger partial charge in [0.05, 0.1) is 13.7 Å². The summed E-state index contributed by atoms with van der Waals surface area (Å²) in [6, 6.07) is 37.3. The molecule has 5 aromatic rings. The van der Waals surface area contributed by atoms with Gasteiger partial charge in [-0.15, -0.1) is 0 Å². The first-order chi connectivity index (χ1) is 20.3. The molecule has 5 nitrogen and oxygen atoms in total. The van der Waals surface area contributed by atoms with Crippen LogP contribution in [0.4, 0.5) is 17.1 Å². The zero-order chi connectivity index (χ0) is 29.7. The molecule has 5 heteroatoms. The van der Waals surface area contributed by atoms with Crippen LogP contribution in [0.15, 0.2) is 115 Å². The highest BCUT2D eigenvalue weighted by Crippen LogP contribution is 2.39.